The SMILES string of the molecule is CC(=O)Nc1ccc(NC(=O)c2cc(-c3ccc(F)cc3)nc3onc(C)c23)cc1. The predicted octanol–water partition coefficient (Wildman–Crippen LogP) is 4.55. The molecule has 2 heterocycles. The number of aromatic nitrogens is 2. The molecule has 30 heavy (non-hydrogen) atoms. The standard InChI is InChI=1S/C22H17FN4O3/c1-12-20-18(21(29)25-17-9-7-16(8-10-17)24-13(2)28)11-19(26-22(20)30-27-12)14-3-5-15(23)6-4-14/h3-11H,1-2H3,(H,24,28)(H,25,29). The van der Waals surface area contributed by atoms with Crippen LogP contribution in [0.4, 0.5) is 15.8 Å². The molecule has 2 aromatic carbocycles. The van der Waals surface area contributed by atoms with Gasteiger partial charge in [-0.25, -0.2) is 9.37 Å². The van der Waals surface area contributed by atoms with Crippen LogP contribution in [0.2, 0.25) is 0 Å². The second kappa shape index (κ2) is 7.75. The summed E-state index contributed by atoms with van der Waals surface area (Å²) in [7, 11) is 0. The Morgan fingerprint density at radius 1 is 0.967 bits per heavy atom. The number of fused-ring (bicyclic) bond motifs is 1. The number of hydrogen-bond acceptors (Lipinski definition) is 5. The first-order valence-electron chi connectivity index (χ1n) is 9.12. The molecule has 0 spiro atoms. The van der Waals surface area contributed by atoms with Crippen LogP contribution in [0.25, 0.3) is 22.4 Å². The van der Waals surface area contributed by atoms with Crippen LogP contribution < -0.4 is 10.6 Å². The summed E-state index contributed by atoms with van der Waals surface area (Å²) in [6.07, 6.45) is 0. The zero-order chi connectivity index (χ0) is 21.3. The normalized spacial score (nSPS) is 10.8. The second-order valence-electron chi connectivity index (χ2n) is 6.72. The van der Waals surface area contributed by atoms with Crippen LogP contribution in [0.15, 0.2) is 59.1 Å². The van der Waals surface area contributed by atoms with E-state index in [-0.39, 0.29) is 23.3 Å². The van der Waals surface area contributed by atoms with Crippen molar-refractivity contribution in [2.45, 2.75) is 13.8 Å². The fourth-order valence-corrected chi connectivity index (χ4v) is 3.08. The zero-order valence-electron chi connectivity index (χ0n) is 16.2. The second-order valence-corrected chi connectivity index (χ2v) is 6.72. The minimum atomic E-state index is -0.371. The maximum absolute atomic E-state index is 13.3. The van der Waals surface area contributed by atoms with Crippen molar-refractivity contribution in [1.82, 2.24) is 10.1 Å². The third kappa shape index (κ3) is 3.88. The summed E-state index contributed by atoms with van der Waals surface area (Å²) in [5.41, 5.74) is 3.38. The van der Waals surface area contributed by atoms with Crippen molar-refractivity contribution < 1.29 is 18.5 Å². The van der Waals surface area contributed by atoms with Gasteiger partial charge in [0.2, 0.25) is 5.91 Å². The minimum absolute atomic E-state index is 0.179. The summed E-state index contributed by atoms with van der Waals surface area (Å²) < 4.78 is 18.5. The van der Waals surface area contributed by atoms with Gasteiger partial charge < -0.3 is 15.2 Å². The number of rotatable bonds is 4. The molecule has 7 nitrogen and oxygen atoms in total. The van der Waals surface area contributed by atoms with E-state index in [1.165, 1.54) is 19.1 Å². The third-order valence-corrected chi connectivity index (χ3v) is 4.46. The first-order chi connectivity index (χ1) is 14.4. The summed E-state index contributed by atoms with van der Waals surface area (Å²) in [5.74, 6) is -0.914. The first kappa shape index (κ1) is 19.3. The van der Waals surface area contributed by atoms with Gasteiger partial charge in [-0.2, -0.15) is 0 Å². The topological polar surface area (TPSA) is 97.1 Å². The van der Waals surface area contributed by atoms with E-state index in [4.69, 9.17) is 4.52 Å². The molecule has 0 atom stereocenters. The van der Waals surface area contributed by atoms with E-state index in [0.29, 0.717) is 39.3 Å². The minimum Gasteiger partial charge on any atom is -0.335 e. The Labute approximate surface area is 170 Å². The third-order valence-electron chi connectivity index (χ3n) is 4.46. The van der Waals surface area contributed by atoms with Crippen molar-refractivity contribution in [1.29, 1.82) is 0 Å². The molecular formula is C22H17FN4O3. The molecule has 0 saturated carbocycles. The Morgan fingerprint density at radius 2 is 1.60 bits per heavy atom. The lowest BCUT2D eigenvalue weighted by atomic mass is 10.0. The number of amides is 2. The molecule has 8 heteroatoms. The van der Waals surface area contributed by atoms with Crippen LogP contribution >= 0.6 is 0 Å². The highest BCUT2D eigenvalue weighted by molar-refractivity contribution is 6.13. The van der Waals surface area contributed by atoms with Crippen molar-refractivity contribution in [2.24, 2.45) is 0 Å². The summed E-state index contributed by atoms with van der Waals surface area (Å²) in [6, 6.07) is 14.2. The highest BCUT2D eigenvalue weighted by Crippen LogP contribution is 2.28. The first-order valence-corrected chi connectivity index (χ1v) is 9.12. The quantitative estimate of drug-likeness (QED) is 0.520. The van der Waals surface area contributed by atoms with Gasteiger partial charge in [0.1, 0.15) is 5.82 Å². The number of hydrogen-bond donors (Lipinski definition) is 2. The lowest BCUT2D eigenvalue weighted by Gasteiger charge is -2.09. The van der Waals surface area contributed by atoms with Crippen LogP contribution in [-0.4, -0.2) is 22.0 Å². The highest BCUT2D eigenvalue weighted by Gasteiger charge is 2.19. The number of anilines is 2. The average molecular weight is 404 g/mol. The Bertz CT molecular complexity index is 1250. The van der Waals surface area contributed by atoms with Gasteiger partial charge in [0.15, 0.2) is 0 Å². The fourth-order valence-electron chi connectivity index (χ4n) is 3.08. The van der Waals surface area contributed by atoms with Crippen LogP contribution in [-0.2, 0) is 4.79 Å². The van der Waals surface area contributed by atoms with E-state index in [1.807, 2.05) is 0 Å². The Balaban J connectivity index is 1.69. The molecule has 0 bridgehead atoms. The molecule has 0 aliphatic heterocycles. The molecule has 0 unspecified atom stereocenters. The maximum Gasteiger partial charge on any atom is 0.259 e. The molecule has 0 aliphatic rings. The molecule has 0 aliphatic carbocycles. The molecule has 0 saturated heterocycles. The molecule has 0 radical (unpaired) electrons. The van der Waals surface area contributed by atoms with Crippen molar-refractivity contribution in [3.8, 4) is 11.3 Å². The summed E-state index contributed by atoms with van der Waals surface area (Å²) >= 11 is 0. The Kier molecular flexibility index (Phi) is 4.97. The largest absolute Gasteiger partial charge is 0.335 e. The van der Waals surface area contributed by atoms with E-state index in [0.717, 1.165) is 0 Å². The maximum atomic E-state index is 13.3. The molecule has 2 N–H and O–H groups in total. The lowest BCUT2D eigenvalue weighted by Crippen LogP contribution is -2.13. The zero-order valence-corrected chi connectivity index (χ0v) is 16.2. The molecule has 0 fully saturated rings. The van der Waals surface area contributed by atoms with Gasteiger partial charge in [0.05, 0.1) is 22.3 Å². The number of benzene rings is 2. The molecule has 2 aromatic heterocycles. The summed E-state index contributed by atoms with van der Waals surface area (Å²) in [6.45, 7) is 3.15. The van der Waals surface area contributed by atoms with Crippen molar-refractivity contribution in [3.05, 3.63) is 71.7 Å². The van der Waals surface area contributed by atoms with Crippen LogP contribution in [0.1, 0.15) is 23.0 Å². The number of pyridine rings is 1. The fraction of sp³-hybridized carbons (Fsp3) is 0.0909. The van der Waals surface area contributed by atoms with E-state index >= 15 is 0 Å². The smallest absolute Gasteiger partial charge is 0.259 e. The number of nitrogens with zero attached hydrogens (tertiary/aromatic N) is 2. The Hall–Kier alpha value is -4.07. The van der Waals surface area contributed by atoms with Gasteiger partial charge in [-0.15, -0.1) is 0 Å². The number of halogens is 1. The van der Waals surface area contributed by atoms with E-state index in [9.17, 15) is 14.0 Å². The van der Waals surface area contributed by atoms with Crippen molar-refractivity contribution in [3.63, 3.8) is 0 Å². The van der Waals surface area contributed by atoms with Gasteiger partial charge in [-0.05, 0) is 61.5 Å². The molecule has 2 amide bonds. The number of carbonyl (C=O) groups excluding carboxylic acids is 2. The van der Waals surface area contributed by atoms with E-state index in [1.54, 1.807) is 49.4 Å². The predicted molar refractivity (Wildman–Crippen MR) is 111 cm³/mol. The monoisotopic (exact) mass is 404 g/mol. The van der Waals surface area contributed by atoms with Gasteiger partial charge in [-0.1, -0.05) is 5.16 Å². The van der Waals surface area contributed by atoms with Gasteiger partial charge in [0.25, 0.3) is 11.6 Å². The van der Waals surface area contributed by atoms with Gasteiger partial charge in [-0.3, -0.25) is 9.59 Å². The summed E-state index contributed by atoms with van der Waals surface area (Å²) in [4.78, 5) is 28.6. The van der Waals surface area contributed by atoms with E-state index < -0.39 is 0 Å². The molecule has 4 rings (SSSR count). The van der Waals surface area contributed by atoms with Gasteiger partial charge >= 0.3 is 0 Å². The molecule has 150 valence electrons. The van der Waals surface area contributed by atoms with Crippen LogP contribution in [0.5, 0.6) is 0 Å². The molecular weight excluding hydrogens is 387 g/mol. The number of aryl methyl sites for hydroxylation is 1. The number of carbonyl (C=O) groups is 2. The summed E-state index contributed by atoms with van der Waals surface area (Å²) in [5, 5.41) is 9.92. The van der Waals surface area contributed by atoms with E-state index in [2.05, 4.69) is 20.8 Å². The lowest BCUT2D eigenvalue weighted by molar-refractivity contribution is -0.114. The van der Waals surface area contributed by atoms with Crippen LogP contribution in [0.3, 0.4) is 0 Å². The average Bonchev–Trinajstić information content (AvgIpc) is 3.10. The van der Waals surface area contributed by atoms with Crippen molar-refractivity contribution in [2.75, 3.05) is 10.6 Å². The highest BCUT2D eigenvalue weighted by atomic mass is 19.1. The molecule has 4 aromatic rings. The number of nitrogens with one attached hydrogen (secondary N) is 2. The van der Waals surface area contributed by atoms with Crippen molar-refractivity contribution >= 4 is 34.3 Å². The Morgan fingerprint density at radius 3 is 2.23 bits per heavy atom. The van der Waals surface area contributed by atoms with Crippen LogP contribution in [0, 0.1) is 12.7 Å². The van der Waals surface area contributed by atoms with Gasteiger partial charge in [0, 0.05) is 23.9 Å².